The van der Waals surface area contributed by atoms with Crippen LogP contribution in [-0.4, -0.2) is 20.9 Å². The molecular formula is C19H19ClF2IN3O3. The van der Waals surface area contributed by atoms with Crippen LogP contribution < -0.4 is 15.4 Å². The molecule has 1 heterocycles. The van der Waals surface area contributed by atoms with Gasteiger partial charge in [-0.3, -0.25) is 9.59 Å². The number of aryl methyl sites for hydroxylation is 1. The first-order valence-corrected chi connectivity index (χ1v) is 10.0. The van der Waals surface area contributed by atoms with Gasteiger partial charge in [0, 0.05) is 23.7 Å². The first kappa shape index (κ1) is 23.3. The Morgan fingerprint density at radius 1 is 1.28 bits per heavy atom. The molecular weight excluding hydrogens is 519 g/mol. The van der Waals surface area contributed by atoms with Crippen molar-refractivity contribution < 1.29 is 23.1 Å². The Bertz CT molecular complexity index is 920. The third-order valence-electron chi connectivity index (χ3n) is 3.67. The van der Waals surface area contributed by atoms with Crippen LogP contribution in [0.2, 0.25) is 5.02 Å². The second-order valence-electron chi connectivity index (χ2n) is 6.52. The fourth-order valence-corrected chi connectivity index (χ4v) is 2.76. The maximum Gasteiger partial charge on any atom is 0.451 e. The molecule has 2 amide bonds. The van der Waals surface area contributed by atoms with Crippen molar-refractivity contribution >= 4 is 51.8 Å². The standard InChI is InChI=1S/C19H19ClF2IN3O3/c1-10(2)17(27)26-16-8-13(6-11(3)25-16)18(28)24-9-12-4-5-15(14(20)7-12)29-19(21,22)23/h4-8,10H,9H2,1-3H3,(H,24,28)(H,25,26,27). The summed E-state index contributed by atoms with van der Waals surface area (Å²) >= 11 is 6.81. The number of rotatable bonds is 7. The number of alkyl halides is 3. The lowest BCUT2D eigenvalue weighted by molar-refractivity contribution is -0.118. The topological polar surface area (TPSA) is 80.3 Å². The molecule has 0 aliphatic carbocycles. The van der Waals surface area contributed by atoms with Gasteiger partial charge >= 0.3 is 4.12 Å². The van der Waals surface area contributed by atoms with Crippen LogP contribution in [0.15, 0.2) is 30.3 Å². The Kier molecular flexibility index (Phi) is 7.75. The Morgan fingerprint density at radius 3 is 2.55 bits per heavy atom. The van der Waals surface area contributed by atoms with Gasteiger partial charge in [-0.1, -0.05) is 31.5 Å². The zero-order valence-electron chi connectivity index (χ0n) is 15.9. The van der Waals surface area contributed by atoms with E-state index in [0.29, 0.717) is 16.8 Å². The van der Waals surface area contributed by atoms with Crippen molar-refractivity contribution in [1.82, 2.24) is 10.3 Å². The molecule has 0 saturated carbocycles. The number of anilines is 1. The normalized spacial score (nSPS) is 11.3. The van der Waals surface area contributed by atoms with E-state index in [0.717, 1.165) is 22.6 Å². The number of nitrogens with zero attached hydrogens (tertiary/aromatic N) is 1. The van der Waals surface area contributed by atoms with E-state index >= 15 is 0 Å². The summed E-state index contributed by atoms with van der Waals surface area (Å²) in [7, 11) is 0. The second-order valence-corrected chi connectivity index (χ2v) is 8.18. The molecule has 0 bridgehead atoms. The number of nitrogens with one attached hydrogen (secondary N) is 2. The van der Waals surface area contributed by atoms with Gasteiger partial charge in [0.1, 0.15) is 11.6 Å². The molecule has 0 unspecified atom stereocenters. The first-order valence-electron chi connectivity index (χ1n) is 8.56. The first-order chi connectivity index (χ1) is 13.4. The summed E-state index contributed by atoms with van der Waals surface area (Å²) < 4.78 is 26.9. The highest BCUT2D eigenvalue weighted by atomic mass is 127. The molecule has 10 heteroatoms. The fraction of sp³-hybridized carbons (Fsp3) is 0.316. The van der Waals surface area contributed by atoms with Gasteiger partial charge in [-0.05, 0) is 36.8 Å². The fourth-order valence-electron chi connectivity index (χ4n) is 2.28. The molecule has 0 aliphatic rings. The average molecular weight is 538 g/mol. The Hall–Kier alpha value is -2.01. The predicted octanol–water partition coefficient (Wildman–Crippen LogP) is 4.93. The van der Waals surface area contributed by atoms with Crippen LogP contribution in [0.3, 0.4) is 0 Å². The molecule has 1 aromatic carbocycles. The summed E-state index contributed by atoms with van der Waals surface area (Å²) in [5, 5.41) is 5.38. The van der Waals surface area contributed by atoms with Gasteiger partial charge in [0.15, 0.2) is 0 Å². The third-order valence-corrected chi connectivity index (χ3v) is 4.18. The largest absolute Gasteiger partial charge is 0.451 e. The van der Waals surface area contributed by atoms with E-state index in [4.69, 9.17) is 11.6 Å². The van der Waals surface area contributed by atoms with Gasteiger partial charge in [0.05, 0.1) is 27.6 Å². The number of hydrogen-bond acceptors (Lipinski definition) is 4. The monoisotopic (exact) mass is 537 g/mol. The highest BCUT2D eigenvalue weighted by molar-refractivity contribution is 14.1. The minimum absolute atomic E-state index is 0.00605. The van der Waals surface area contributed by atoms with Crippen LogP contribution in [0.5, 0.6) is 5.75 Å². The van der Waals surface area contributed by atoms with Gasteiger partial charge in [-0.25, -0.2) is 4.98 Å². The van der Waals surface area contributed by atoms with Gasteiger partial charge in [-0.15, -0.1) is 0 Å². The molecule has 0 atom stereocenters. The van der Waals surface area contributed by atoms with Crippen molar-refractivity contribution in [2.45, 2.75) is 31.4 Å². The van der Waals surface area contributed by atoms with E-state index in [2.05, 4.69) is 20.4 Å². The number of halogens is 4. The van der Waals surface area contributed by atoms with Crippen molar-refractivity contribution in [3.8, 4) is 5.75 Å². The summed E-state index contributed by atoms with van der Waals surface area (Å²) in [4.78, 5) is 28.5. The molecule has 156 valence electrons. The summed E-state index contributed by atoms with van der Waals surface area (Å²) in [5.74, 6) is -0.678. The molecule has 6 nitrogen and oxygen atoms in total. The Labute approximate surface area is 185 Å². The molecule has 1 aromatic heterocycles. The Balaban J connectivity index is 2.06. The number of ether oxygens (including phenoxy) is 1. The quantitative estimate of drug-likeness (QED) is 0.388. The summed E-state index contributed by atoms with van der Waals surface area (Å²) in [6, 6.07) is 7.34. The summed E-state index contributed by atoms with van der Waals surface area (Å²) in [6.45, 7) is 5.33. The van der Waals surface area contributed by atoms with E-state index in [9.17, 15) is 18.4 Å². The lowest BCUT2D eigenvalue weighted by Gasteiger charge is -2.14. The van der Waals surface area contributed by atoms with Crippen LogP contribution in [0.1, 0.15) is 35.5 Å². The van der Waals surface area contributed by atoms with Crippen molar-refractivity contribution in [2.75, 3.05) is 5.32 Å². The average Bonchev–Trinajstić information content (AvgIpc) is 2.60. The molecule has 0 aliphatic heterocycles. The number of benzene rings is 1. The van der Waals surface area contributed by atoms with Crippen molar-refractivity contribution in [3.63, 3.8) is 0 Å². The lowest BCUT2D eigenvalue weighted by Crippen LogP contribution is -2.24. The molecule has 0 fully saturated rings. The summed E-state index contributed by atoms with van der Waals surface area (Å²) in [6.07, 6.45) is 0. The number of carbonyl (C=O) groups excluding carboxylic acids is 2. The van der Waals surface area contributed by atoms with Crippen molar-refractivity contribution in [3.05, 3.63) is 52.2 Å². The molecule has 2 rings (SSSR count). The van der Waals surface area contributed by atoms with Crippen LogP contribution in [0.4, 0.5) is 14.6 Å². The maximum atomic E-state index is 12.9. The highest BCUT2D eigenvalue weighted by Gasteiger charge is 2.27. The van der Waals surface area contributed by atoms with E-state index in [1.807, 2.05) is 0 Å². The minimum Gasteiger partial charge on any atom is -0.423 e. The van der Waals surface area contributed by atoms with Crippen molar-refractivity contribution in [2.24, 2.45) is 5.92 Å². The number of carbonyl (C=O) groups is 2. The zero-order valence-corrected chi connectivity index (χ0v) is 18.8. The lowest BCUT2D eigenvalue weighted by atomic mass is 10.1. The summed E-state index contributed by atoms with van der Waals surface area (Å²) in [5.41, 5.74) is 1.50. The highest BCUT2D eigenvalue weighted by Crippen LogP contribution is 2.33. The third kappa shape index (κ3) is 7.39. The van der Waals surface area contributed by atoms with Crippen molar-refractivity contribution in [1.29, 1.82) is 0 Å². The van der Waals surface area contributed by atoms with E-state index in [-0.39, 0.29) is 40.9 Å². The molecule has 0 saturated heterocycles. The van der Waals surface area contributed by atoms with Crippen LogP contribution in [0, 0.1) is 12.8 Å². The molecule has 0 spiro atoms. The number of hydrogen-bond donors (Lipinski definition) is 2. The Morgan fingerprint density at radius 2 is 1.97 bits per heavy atom. The van der Waals surface area contributed by atoms with Gasteiger partial charge in [0.25, 0.3) is 5.91 Å². The van der Waals surface area contributed by atoms with Gasteiger partial charge < -0.3 is 15.4 Å². The molecule has 2 aromatic rings. The van der Waals surface area contributed by atoms with E-state index in [1.165, 1.54) is 24.3 Å². The second kappa shape index (κ2) is 9.66. The maximum absolute atomic E-state index is 12.9. The number of aromatic nitrogens is 1. The van der Waals surface area contributed by atoms with Gasteiger partial charge in [0.2, 0.25) is 5.91 Å². The van der Waals surface area contributed by atoms with E-state index < -0.39 is 4.12 Å². The van der Waals surface area contributed by atoms with Crippen LogP contribution in [0.25, 0.3) is 0 Å². The smallest absolute Gasteiger partial charge is 0.423 e. The molecule has 29 heavy (non-hydrogen) atoms. The minimum atomic E-state index is -3.38. The molecule has 0 radical (unpaired) electrons. The zero-order chi connectivity index (χ0) is 21.8. The van der Waals surface area contributed by atoms with Gasteiger partial charge in [-0.2, -0.15) is 8.78 Å². The van der Waals surface area contributed by atoms with Crippen LogP contribution >= 0.6 is 34.2 Å². The SMILES string of the molecule is Cc1cc(C(=O)NCc2ccc(OC(F)(F)I)c(Cl)c2)cc(NC(=O)C(C)C)n1. The number of amides is 2. The number of pyridine rings is 1. The predicted molar refractivity (Wildman–Crippen MR) is 115 cm³/mol. The van der Waals surface area contributed by atoms with E-state index in [1.54, 1.807) is 26.8 Å². The van der Waals surface area contributed by atoms with Crippen LogP contribution in [-0.2, 0) is 11.3 Å². The molecule has 2 N–H and O–H groups in total.